The number of nitrogens with zero attached hydrogens (tertiary/aromatic N) is 4. The average Bonchev–Trinajstić information content (AvgIpc) is 2.74. The van der Waals surface area contributed by atoms with Crippen LogP contribution in [0.15, 0.2) is 42.5 Å². The van der Waals surface area contributed by atoms with Crippen molar-refractivity contribution in [3.05, 3.63) is 42.5 Å². The van der Waals surface area contributed by atoms with E-state index in [-0.39, 0.29) is 5.92 Å². The summed E-state index contributed by atoms with van der Waals surface area (Å²) < 4.78 is 0. The van der Waals surface area contributed by atoms with Gasteiger partial charge in [-0.3, -0.25) is 4.79 Å². The highest BCUT2D eigenvalue weighted by atomic mass is 16.2. The molecule has 5 nitrogen and oxygen atoms in total. The fourth-order valence-corrected chi connectivity index (χ4v) is 3.74. The third-order valence-electron chi connectivity index (χ3n) is 5.19. The first-order valence-electron chi connectivity index (χ1n) is 10.2. The molecule has 0 atom stereocenters. The van der Waals surface area contributed by atoms with Gasteiger partial charge in [-0.25, -0.2) is 0 Å². The molecule has 144 valence electrons. The molecule has 2 heterocycles. The Morgan fingerprint density at radius 1 is 1.00 bits per heavy atom. The van der Waals surface area contributed by atoms with Gasteiger partial charge in [0, 0.05) is 37.7 Å². The monoisotopic (exact) mass is 366 g/mol. The van der Waals surface area contributed by atoms with Crippen molar-refractivity contribution in [3.8, 4) is 11.3 Å². The highest BCUT2D eigenvalue weighted by Gasteiger charge is 2.28. The predicted molar refractivity (Wildman–Crippen MR) is 110 cm³/mol. The minimum absolute atomic E-state index is 0.149. The molecule has 0 spiro atoms. The van der Waals surface area contributed by atoms with Crippen molar-refractivity contribution in [2.75, 3.05) is 31.1 Å². The number of rotatable bonds is 7. The highest BCUT2D eigenvalue weighted by molar-refractivity contribution is 5.79. The Morgan fingerprint density at radius 2 is 1.67 bits per heavy atom. The van der Waals surface area contributed by atoms with E-state index < -0.39 is 0 Å². The summed E-state index contributed by atoms with van der Waals surface area (Å²) in [5, 5.41) is 8.81. The molecule has 1 aromatic carbocycles. The molecule has 1 aliphatic rings. The molecule has 1 saturated heterocycles. The van der Waals surface area contributed by atoms with Gasteiger partial charge in [0.1, 0.15) is 0 Å². The summed E-state index contributed by atoms with van der Waals surface area (Å²) in [6.07, 6.45) is 3.83. The summed E-state index contributed by atoms with van der Waals surface area (Å²) >= 11 is 0. The molecule has 0 bridgehead atoms. The maximum Gasteiger partial charge on any atom is 0.225 e. The Kier molecular flexibility index (Phi) is 6.80. The summed E-state index contributed by atoms with van der Waals surface area (Å²) in [4.78, 5) is 17.1. The van der Waals surface area contributed by atoms with Gasteiger partial charge >= 0.3 is 0 Å². The highest BCUT2D eigenvalue weighted by Crippen LogP contribution is 2.24. The van der Waals surface area contributed by atoms with Gasteiger partial charge in [-0.05, 0) is 37.8 Å². The van der Waals surface area contributed by atoms with Crippen molar-refractivity contribution in [1.82, 2.24) is 15.1 Å². The lowest BCUT2D eigenvalue weighted by atomic mass is 9.95. The zero-order valence-corrected chi connectivity index (χ0v) is 16.5. The molecule has 1 amide bonds. The topological polar surface area (TPSA) is 49.3 Å². The first-order valence-corrected chi connectivity index (χ1v) is 10.2. The van der Waals surface area contributed by atoms with Crippen molar-refractivity contribution in [2.24, 2.45) is 5.92 Å². The molecular weight excluding hydrogens is 336 g/mol. The quantitative estimate of drug-likeness (QED) is 0.743. The van der Waals surface area contributed by atoms with Crippen LogP contribution in [-0.4, -0.2) is 47.2 Å². The van der Waals surface area contributed by atoms with Crippen LogP contribution in [0.5, 0.6) is 0 Å². The van der Waals surface area contributed by atoms with Crippen LogP contribution in [0.3, 0.4) is 0 Å². The predicted octanol–water partition coefficient (Wildman–Crippen LogP) is 4.01. The molecule has 0 unspecified atom stereocenters. The number of aromatic nitrogens is 2. The van der Waals surface area contributed by atoms with Gasteiger partial charge < -0.3 is 9.80 Å². The number of piperidine rings is 1. The van der Waals surface area contributed by atoms with Crippen LogP contribution in [0.1, 0.15) is 39.5 Å². The van der Waals surface area contributed by atoms with Gasteiger partial charge in [0.15, 0.2) is 5.82 Å². The van der Waals surface area contributed by atoms with Gasteiger partial charge in [0.05, 0.1) is 5.69 Å². The van der Waals surface area contributed by atoms with Gasteiger partial charge in [-0.15, -0.1) is 10.2 Å². The first kappa shape index (κ1) is 19.3. The number of benzene rings is 1. The van der Waals surface area contributed by atoms with E-state index in [9.17, 15) is 4.79 Å². The third kappa shape index (κ3) is 4.85. The maximum absolute atomic E-state index is 12.8. The Balaban J connectivity index is 1.58. The summed E-state index contributed by atoms with van der Waals surface area (Å²) in [6, 6.07) is 14.2. The fourth-order valence-electron chi connectivity index (χ4n) is 3.74. The average molecular weight is 367 g/mol. The minimum atomic E-state index is 0.149. The molecule has 1 aliphatic heterocycles. The second-order valence-electron chi connectivity index (χ2n) is 7.23. The Morgan fingerprint density at radius 3 is 2.22 bits per heavy atom. The van der Waals surface area contributed by atoms with Crippen molar-refractivity contribution in [2.45, 2.75) is 39.5 Å². The molecule has 1 fully saturated rings. The van der Waals surface area contributed by atoms with Crippen LogP contribution in [0.25, 0.3) is 11.3 Å². The van der Waals surface area contributed by atoms with E-state index in [1.54, 1.807) is 0 Å². The number of carbonyl (C=O) groups excluding carboxylic acids is 1. The first-order chi connectivity index (χ1) is 13.2. The Labute approximate surface area is 162 Å². The number of amides is 1. The van der Waals surface area contributed by atoms with Crippen LogP contribution in [0.4, 0.5) is 5.82 Å². The van der Waals surface area contributed by atoms with E-state index in [1.807, 2.05) is 42.5 Å². The molecule has 0 aliphatic carbocycles. The lowest BCUT2D eigenvalue weighted by Gasteiger charge is -2.34. The van der Waals surface area contributed by atoms with Crippen molar-refractivity contribution >= 4 is 11.7 Å². The molecular formula is C22H30N4O. The molecule has 5 heteroatoms. The molecule has 0 N–H and O–H groups in total. The maximum atomic E-state index is 12.8. The van der Waals surface area contributed by atoms with Crippen LogP contribution >= 0.6 is 0 Å². The number of anilines is 1. The summed E-state index contributed by atoms with van der Waals surface area (Å²) in [7, 11) is 0. The van der Waals surface area contributed by atoms with Crippen LogP contribution < -0.4 is 4.90 Å². The SMILES string of the molecule is CCCN(CCC)C(=O)C1CCN(c2ccc(-c3ccccc3)nn2)CC1. The zero-order chi connectivity index (χ0) is 19.1. The van der Waals surface area contributed by atoms with E-state index in [0.29, 0.717) is 5.91 Å². The molecule has 1 aromatic heterocycles. The second-order valence-corrected chi connectivity index (χ2v) is 7.23. The van der Waals surface area contributed by atoms with E-state index >= 15 is 0 Å². The smallest absolute Gasteiger partial charge is 0.225 e. The van der Waals surface area contributed by atoms with Gasteiger partial charge in [0.25, 0.3) is 0 Å². The molecule has 2 aromatic rings. The summed E-state index contributed by atoms with van der Waals surface area (Å²) in [6.45, 7) is 7.75. The van der Waals surface area contributed by atoms with Crippen LogP contribution in [0, 0.1) is 5.92 Å². The van der Waals surface area contributed by atoms with Crippen molar-refractivity contribution in [1.29, 1.82) is 0 Å². The third-order valence-corrected chi connectivity index (χ3v) is 5.19. The van der Waals surface area contributed by atoms with E-state index in [4.69, 9.17) is 0 Å². The molecule has 0 saturated carbocycles. The van der Waals surface area contributed by atoms with Gasteiger partial charge in [0.2, 0.25) is 5.91 Å². The summed E-state index contributed by atoms with van der Waals surface area (Å²) in [5.41, 5.74) is 1.96. The number of hydrogen-bond donors (Lipinski definition) is 0. The fraction of sp³-hybridized carbons (Fsp3) is 0.500. The van der Waals surface area contributed by atoms with E-state index in [0.717, 1.165) is 68.9 Å². The van der Waals surface area contributed by atoms with Crippen molar-refractivity contribution < 1.29 is 4.79 Å². The van der Waals surface area contributed by atoms with Crippen LogP contribution in [-0.2, 0) is 4.79 Å². The molecule has 27 heavy (non-hydrogen) atoms. The molecule has 0 radical (unpaired) electrons. The van der Waals surface area contributed by atoms with Crippen molar-refractivity contribution in [3.63, 3.8) is 0 Å². The standard InChI is InChI=1S/C22H30N4O/c1-3-14-26(15-4-2)22(27)19-12-16-25(17-13-19)21-11-10-20(23-24-21)18-8-6-5-7-9-18/h5-11,19H,3-4,12-17H2,1-2H3. The van der Waals surface area contributed by atoms with Gasteiger partial charge in [-0.1, -0.05) is 44.2 Å². The lowest BCUT2D eigenvalue weighted by molar-refractivity contribution is -0.136. The van der Waals surface area contributed by atoms with Gasteiger partial charge in [-0.2, -0.15) is 0 Å². The number of hydrogen-bond acceptors (Lipinski definition) is 4. The molecule has 3 rings (SSSR count). The normalized spacial score (nSPS) is 15.0. The minimum Gasteiger partial charge on any atom is -0.355 e. The summed E-state index contributed by atoms with van der Waals surface area (Å²) in [5.74, 6) is 1.39. The lowest BCUT2D eigenvalue weighted by Crippen LogP contribution is -2.43. The zero-order valence-electron chi connectivity index (χ0n) is 16.5. The Bertz CT molecular complexity index is 703. The van der Waals surface area contributed by atoms with E-state index in [2.05, 4.69) is 33.8 Å². The second kappa shape index (κ2) is 9.49. The van der Waals surface area contributed by atoms with E-state index in [1.165, 1.54) is 0 Å². The number of carbonyl (C=O) groups is 1. The largest absolute Gasteiger partial charge is 0.355 e. The van der Waals surface area contributed by atoms with Crippen LogP contribution in [0.2, 0.25) is 0 Å². The Hall–Kier alpha value is -2.43.